The van der Waals surface area contributed by atoms with E-state index in [1.807, 2.05) is 0 Å². The first-order valence-corrected chi connectivity index (χ1v) is 3.10. The first-order valence-electron chi connectivity index (χ1n) is 2.18. The van der Waals surface area contributed by atoms with Gasteiger partial charge >= 0.3 is 0 Å². The zero-order valence-corrected chi connectivity index (χ0v) is 5.11. The van der Waals surface area contributed by atoms with E-state index in [1.165, 1.54) is 6.42 Å². The molecule has 0 aromatic carbocycles. The lowest BCUT2D eigenvalue weighted by Crippen LogP contribution is -2.01. The topological polar surface area (TPSA) is 26.0 Å². The lowest BCUT2D eigenvalue weighted by atomic mass is 10.4. The molecule has 1 nitrogen and oxygen atoms in total. The lowest BCUT2D eigenvalue weighted by Gasteiger charge is -1.78. The second kappa shape index (κ2) is 1.51. The lowest BCUT2D eigenvalue weighted by molar-refractivity contribution is 0.853. The van der Waals surface area contributed by atoms with Gasteiger partial charge in [-0.2, -0.15) is 0 Å². The van der Waals surface area contributed by atoms with Crippen LogP contribution >= 0.6 is 15.9 Å². The molecular formula is C4H8BrN. The predicted molar refractivity (Wildman–Crippen MR) is 29.9 cm³/mol. The molecule has 0 aromatic heterocycles. The van der Waals surface area contributed by atoms with Crippen molar-refractivity contribution in [1.82, 2.24) is 0 Å². The predicted octanol–water partition coefficient (Wildman–Crippen LogP) is 0.729. The highest BCUT2D eigenvalue weighted by atomic mass is 79.9. The van der Waals surface area contributed by atoms with Crippen molar-refractivity contribution in [3.05, 3.63) is 0 Å². The van der Waals surface area contributed by atoms with Crippen LogP contribution < -0.4 is 5.73 Å². The summed E-state index contributed by atoms with van der Waals surface area (Å²) in [5.41, 5.74) is 5.29. The summed E-state index contributed by atoms with van der Waals surface area (Å²) >= 11 is 3.43. The van der Waals surface area contributed by atoms with Crippen LogP contribution in [0.4, 0.5) is 0 Å². The summed E-state index contributed by atoms with van der Waals surface area (Å²) in [6.07, 6.45) is 1.29. The molecule has 0 radical (unpaired) electrons. The molecule has 0 saturated heterocycles. The number of halogens is 1. The van der Waals surface area contributed by atoms with Crippen LogP contribution in [0.1, 0.15) is 6.42 Å². The van der Waals surface area contributed by atoms with E-state index in [4.69, 9.17) is 5.73 Å². The van der Waals surface area contributed by atoms with Crippen LogP contribution in [0.15, 0.2) is 0 Å². The molecule has 1 fully saturated rings. The fourth-order valence-corrected chi connectivity index (χ4v) is 1.15. The normalized spacial score (nSPS) is 43.0. The number of rotatable bonds is 1. The van der Waals surface area contributed by atoms with Crippen molar-refractivity contribution in [3.8, 4) is 0 Å². The molecule has 1 saturated carbocycles. The smallest absolute Gasteiger partial charge is 0.0190 e. The maximum absolute atomic E-state index is 5.29. The van der Waals surface area contributed by atoms with Crippen molar-refractivity contribution < 1.29 is 0 Å². The summed E-state index contributed by atoms with van der Waals surface area (Å²) < 4.78 is 0. The van der Waals surface area contributed by atoms with Crippen LogP contribution in [0.2, 0.25) is 0 Å². The van der Waals surface area contributed by atoms with Gasteiger partial charge in [-0.1, -0.05) is 15.9 Å². The van der Waals surface area contributed by atoms with E-state index in [2.05, 4.69) is 15.9 Å². The molecule has 36 valence electrons. The van der Waals surface area contributed by atoms with E-state index in [-0.39, 0.29) is 0 Å². The minimum atomic E-state index is 0.752. The van der Waals surface area contributed by atoms with Crippen molar-refractivity contribution in [2.24, 2.45) is 11.7 Å². The van der Waals surface area contributed by atoms with Crippen LogP contribution in [0.25, 0.3) is 0 Å². The zero-order chi connectivity index (χ0) is 4.57. The van der Waals surface area contributed by atoms with Gasteiger partial charge in [-0.15, -0.1) is 0 Å². The molecule has 0 unspecified atom stereocenters. The van der Waals surface area contributed by atoms with Gasteiger partial charge in [0, 0.05) is 4.83 Å². The van der Waals surface area contributed by atoms with Gasteiger partial charge in [-0.3, -0.25) is 0 Å². The molecule has 2 atom stereocenters. The highest BCUT2D eigenvalue weighted by Crippen LogP contribution is 2.36. The van der Waals surface area contributed by atoms with Gasteiger partial charge in [0.25, 0.3) is 0 Å². The van der Waals surface area contributed by atoms with Crippen molar-refractivity contribution in [1.29, 1.82) is 0 Å². The van der Waals surface area contributed by atoms with Crippen LogP contribution in [-0.4, -0.2) is 11.4 Å². The average Bonchev–Trinajstić information content (AvgIpc) is 2.19. The van der Waals surface area contributed by atoms with E-state index >= 15 is 0 Å². The summed E-state index contributed by atoms with van der Waals surface area (Å²) in [6.45, 7) is 0.857. The minimum absolute atomic E-state index is 0.752. The van der Waals surface area contributed by atoms with Crippen molar-refractivity contribution in [3.63, 3.8) is 0 Å². The largest absolute Gasteiger partial charge is 0.330 e. The van der Waals surface area contributed by atoms with Crippen LogP contribution in [0.3, 0.4) is 0 Å². The Kier molecular flexibility index (Phi) is 1.15. The summed E-state index contributed by atoms with van der Waals surface area (Å²) in [7, 11) is 0. The van der Waals surface area contributed by atoms with E-state index < -0.39 is 0 Å². The van der Waals surface area contributed by atoms with Crippen LogP contribution in [0.5, 0.6) is 0 Å². The van der Waals surface area contributed by atoms with Gasteiger partial charge in [0.05, 0.1) is 0 Å². The maximum atomic E-state index is 5.29. The average molecular weight is 150 g/mol. The summed E-state index contributed by atoms with van der Waals surface area (Å²) in [6, 6.07) is 0. The molecule has 1 aliphatic carbocycles. The standard InChI is InChI=1S/C4H8BrN/c5-4-1-3(4)2-6/h3-4H,1-2,6H2/t3-,4-/m0/s1. The van der Waals surface area contributed by atoms with Crippen molar-refractivity contribution >= 4 is 15.9 Å². The molecule has 1 aliphatic rings. The van der Waals surface area contributed by atoms with Gasteiger partial charge in [0.1, 0.15) is 0 Å². The number of alkyl halides is 1. The van der Waals surface area contributed by atoms with Gasteiger partial charge in [-0.25, -0.2) is 0 Å². The molecule has 2 heteroatoms. The van der Waals surface area contributed by atoms with Crippen LogP contribution in [0, 0.1) is 5.92 Å². The Bertz CT molecular complexity index is 53.5. The SMILES string of the molecule is NC[C@@H]1C[C@@H]1Br. The quantitative estimate of drug-likeness (QED) is 0.548. The monoisotopic (exact) mass is 149 g/mol. The Morgan fingerprint density at radius 2 is 2.33 bits per heavy atom. The maximum Gasteiger partial charge on any atom is 0.0190 e. The Balaban J connectivity index is 2.09. The van der Waals surface area contributed by atoms with E-state index in [0.29, 0.717) is 0 Å². The first kappa shape index (κ1) is 4.60. The Morgan fingerprint density at radius 3 is 2.33 bits per heavy atom. The molecule has 2 N–H and O–H groups in total. The molecule has 1 rings (SSSR count). The summed E-state index contributed by atoms with van der Waals surface area (Å²) in [4.78, 5) is 0.752. The molecule has 0 aromatic rings. The Morgan fingerprint density at radius 1 is 1.83 bits per heavy atom. The minimum Gasteiger partial charge on any atom is -0.330 e. The molecule has 6 heavy (non-hydrogen) atoms. The molecule has 0 heterocycles. The van der Waals surface area contributed by atoms with Gasteiger partial charge in [0.2, 0.25) is 0 Å². The number of hydrogen-bond acceptors (Lipinski definition) is 1. The van der Waals surface area contributed by atoms with Gasteiger partial charge in [-0.05, 0) is 18.9 Å². The zero-order valence-electron chi connectivity index (χ0n) is 3.52. The molecule has 0 spiro atoms. The Hall–Kier alpha value is 0.440. The molecule has 0 aliphatic heterocycles. The third kappa shape index (κ3) is 0.738. The summed E-state index contributed by atoms with van der Waals surface area (Å²) in [5.74, 6) is 0.796. The fourth-order valence-electron chi connectivity index (χ4n) is 0.455. The number of nitrogens with two attached hydrogens (primary N) is 1. The van der Waals surface area contributed by atoms with E-state index in [0.717, 1.165) is 17.3 Å². The van der Waals surface area contributed by atoms with E-state index in [1.54, 1.807) is 0 Å². The molecular weight excluding hydrogens is 142 g/mol. The highest BCUT2D eigenvalue weighted by Gasteiger charge is 2.32. The third-order valence-corrected chi connectivity index (χ3v) is 2.26. The molecule has 0 amide bonds. The van der Waals surface area contributed by atoms with E-state index in [9.17, 15) is 0 Å². The first-order chi connectivity index (χ1) is 2.84. The second-order valence-electron chi connectivity index (χ2n) is 1.75. The van der Waals surface area contributed by atoms with Crippen molar-refractivity contribution in [2.45, 2.75) is 11.2 Å². The Labute approximate surface area is 46.0 Å². The van der Waals surface area contributed by atoms with Crippen molar-refractivity contribution in [2.75, 3.05) is 6.54 Å². The number of hydrogen-bond donors (Lipinski definition) is 1. The van der Waals surface area contributed by atoms with Crippen LogP contribution in [-0.2, 0) is 0 Å². The highest BCUT2D eigenvalue weighted by molar-refractivity contribution is 9.09. The second-order valence-corrected chi connectivity index (χ2v) is 2.92. The molecule has 0 bridgehead atoms. The summed E-state index contributed by atoms with van der Waals surface area (Å²) in [5, 5.41) is 0. The van der Waals surface area contributed by atoms with Gasteiger partial charge in [0.15, 0.2) is 0 Å². The fraction of sp³-hybridized carbons (Fsp3) is 1.00. The third-order valence-electron chi connectivity index (χ3n) is 1.14. The van der Waals surface area contributed by atoms with Gasteiger partial charge < -0.3 is 5.73 Å².